The number of hydrogen-bond acceptors (Lipinski definition) is 2. The van der Waals surface area contributed by atoms with Crippen LogP contribution < -0.4 is 0 Å². The van der Waals surface area contributed by atoms with Gasteiger partial charge in [-0.15, -0.1) is 10.2 Å². The number of rotatable bonds is 1. The van der Waals surface area contributed by atoms with Gasteiger partial charge in [0.1, 0.15) is 12.2 Å². The molecule has 0 spiro atoms. The second kappa shape index (κ2) is 2.47. The lowest BCUT2D eigenvalue weighted by molar-refractivity contribution is 0.803. The van der Waals surface area contributed by atoms with Gasteiger partial charge in [0.2, 0.25) is 0 Å². The van der Waals surface area contributed by atoms with Gasteiger partial charge in [-0.05, 0) is 6.92 Å². The summed E-state index contributed by atoms with van der Waals surface area (Å²) in [5, 5.41) is 7.61. The van der Waals surface area contributed by atoms with Crippen molar-refractivity contribution in [2.45, 2.75) is 11.8 Å². The quantitative estimate of drug-likeness (QED) is 0.624. The minimum atomic E-state index is 0.282. The van der Waals surface area contributed by atoms with Crippen molar-refractivity contribution in [3.63, 3.8) is 0 Å². The first-order chi connectivity index (χ1) is 4.22. The van der Waals surface area contributed by atoms with Gasteiger partial charge < -0.3 is 4.57 Å². The Balaban J connectivity index is 2.94. The van der Waals surface area contributed by atoms with Crippen LogP contribution in [-0.2, 0) is 7.05 Å². The zero-order valence-corrected chi connectivity index (χ0v) is 6.96. The maximum atomic E-state index is 3.88. The highest BCUT2D eigenvalue weighted by Gasteiger charge is 2.05. The van der Waals surface area contributed by atoms with E-state index in [2.05, 4.69) is 26.1 Å². The van der Waals surface area contributed by atoms with Gasteiger partial charge in [0.15, 0.2) is 0 Å². The molecule has 0 saturated heterocycles. The van der Waals surface area contributed by atoms with Crippen LogP contribution in [0.4, 0.5) is 0 Å². The molecular formula is C5H8BrN3. The number of alkyl halides is 1. The topological polar surface area (TPSA) is 30.7 Å². The fourth-order valence-corrected chi connectivity index (χ4v) is 1.07. The van der Waals surface area contributed by atoms with Gasteiger partial charge in [-0.3, -0.25) is 0 Å². The third-order valence-corrected chi connectivity index (χ3v) is 1.51. The van der Waals surface area contributed by atoms with E-state index in [1.807, 2.05) is 18.5 Å². The number of aryl methyl sites for hydroxylation is 1. The minimum Gasteiger partial charge on any atom is -0.320 e. The molecule has 1 unspecified atom stereocenters. The Labute approximate surface area is 62.2 Å². The van der Waals surface area contributed by atoms with Gasteiger partial charge in [-0.2, -0.15) is 0 Å². The van der Waals surface area contributed by atoms with Crippen molar-refractivity contribution >= 4 is 15.9 Å². The molecule has 0 saturated carbocycles. The fourth-order valence-electron chi connectivity index (χ4n) is 0.652. The zero-order valence-electron chi connectivity index (χ0n) is 5.37. The standard InChI is InChI=1S/C5H8BrN3/c1-4(6)5-8-7-3-9(5)2/h3-4H,1-2H3. The molecular weight excluding hydrogens is 182 g/mol. The van der Waals surface area contributed by atoms with Gasteiger partial charge in [-0.25, -0.2) is 0 Å². The van der Waals surface area contributed by atoms with E-state index in [0.29, 0.717) is 0 Å². The lowest BCUT2D eigenvalue weighted by Crippen LogP contribution is -1.95. The van der Waals surface area contributed by atoms with Gasteiger partial charge in [0.05, 0.1) is 4.83 Å². The van der Waals surface area contributed by atoms with Gasteiger partial charge in [0.25, 0.3) is 0 Å². The van der Waals surface area contributed by atoms with E-state index in [4.69, 9.17) is 0 Å². The molecule has 1 aromatic heterocycles. The highest BCUT2D eigenvalue weighted by molar-refractivity contribution is 9.09. The van der Waals surface area contributed by atoms with E-state index in [9.17, 15) is 0 Å². The maximum Gasteiger partial charge on any atom is 0.146 e. The summed E-state index contributed by atoms with van der Waals surface area (Å²) in [6, 6.07) is 0. The summed E-state index contributed by atoms with van der Waals surface area (Å²) in [6.07, 6.45) is 1.69. The summed E-state index contributed by atoms with van der Waals surface area (Å²) in [5.41, 5.74) is 0. The SMILES string of the molecule is CC(Br)c1nncn1C. The summed E-state index contributed by atoms with van der Waals surface area (Å²) in [7, 11) is 1.92. The number of hydrogen-bond donors (Lipinski definition) is 0. The molecule has 1 aromatic rings. The summed E-state index contributed by atoms with van der Waals surface area (Å²) in [6.45, 7) is 2.02. The largest absolute Gasteiger partial charge is 0.320 e. The van der Waals surface area contributed by atoms with Crippen LogP contribution >= 0.6 is 15.9 Å². The monoisotopic (exact) mass is 189 g/mol. The summed E-state index contributed by atoms with van der Waals surface area (Å²) >= 11 is 3.39. The Hall–Kier alpha value is -0.380. The van der Waals surface area contributed by atoms with Crippen LogP contribution in [0.5, 0.6) is 0 Å². The average molecular weight is 190 g/mol. The molecule has 1 heterocycles. The molecule has 0 aromatic carbocycles. The molecule has 50 valence electrons. The molecule has 1 atom stereocenters. The van der Waals surface area contributed by atoms with Crippen molar-refractivity contribution in [1.29, 1.82) is 0 Å². The molecule has 0 radical (unpaired) electrons. The van der Waals surface area contributed by atoms with Crippen molar-refractivity contribution < 1.29 is 0 Å². The molecule has 0 aliphatic heterocycles. The van der Waals surface area contributed by atoms with Crippen molar-refractivity contribution in [3.8, 4) is 0 Å². The van der Waals surface area contributed by atoms with E-state index in [1.165, 1.54) is 0 Å². The number of aromatic nitrogens is 3. The van der Waals surface area contributed by atoms with Gasteiger partial charge >= 0.3 is 0 Å². The van der Waals surface area contributed by atoms with Gasteiger partial charge in [-0.1, -0.05) is 15.9 Å². The van der Waals surface area contributed by atoms with Crippen molar-refractivity contribution in [3.05, 3.63) is 12.2 Å². The Morgan fingerprint density at radius 3 is 2.67 bits per heavy atom. The highest BCUT2D eigenvalue weighted by atomic mass is 79.9. The Morgan fingerprint density at radius 1 is 1.78 bits per heavy atom. The second-order valence-electron chi connectivity index (χ2n) is 1.92. The van der Waals surface area contributed by atoms with Crippen LogP contribution in [0.1, 0.15) is 17.6 Å². The van der Waals surface area contributed by atoms with E-state index in [1.54, 1.807) is 6.33 Å². The average Bonchev–Trinajstić information content (AvgIpc) is 2.13. The van der Waals surface area contributed by atoms with Crippen LogP contribution in [0, 0.1) is 0 Å². The van der Waals surface area contributed by atoms with Crippen molar-refractivity contribution in [2.24, 2.45) is 7.05 Å². The van der Waals surface area contributed by atoms with Gasteiger partial charge in [0, 0.05) is 7.05 Å². The Morgan fingerprint density at radius 2 is 2.44 bits per heavy atom. The predicted molar refractivity (Wildman–Crippen MR) is 38.3 cm³/mol. The fraction of sp³-hybridized carbons (Fsp3) is 0.600. The molecule has 1 rings (SSSR count). The smallest absolute Gasteiger partial charge is 0.146 e. The Kier molecular flexibility index (Phi) is 1.85. The van der Waals surface area contributed by atoms with Crippen molar-refractivity contribution in [1.82, 2.24) is 14.8 Å². The first-order valence-corrected chi connectivity index (χ1v) is 3.61. The minimum absolute atomic E-state index is 0.282. The van der Waals surface area contributed by atoms with E-state index < -0.39 is 0 Å². The molecule has 0 fully saturated rings. The van der Waals surface area contributed by atoms with E-state index >= 15 is 0 Å². The van der Waals surface area contributed by atoms with Crippen LogP contribution in [0.3, 0.4) is 0 Å². The lowest BCUT2D eigenvalue weighted by atomic mass is 10.5. The zero-order chi connectivity index (χ0) is 6.85. The highest BCUT2D eigenvalue weighted by Crippen LogP contribution is 2.17. The second-order valence-corrected chi connectivity index (χ2v) is 3.29. The van der Waals surface area contributed by atoms with Crippen LogP contribution in [0.25, 0.3) is 0 Å². The molecule has 4 heteroatoms. The third kappa shape index (κ3) is 1.30. The number of halogens is 1. The first-order valence-electron chi connectivity index (χ1n) is 2.70. The molecule has 0 bridgehead atoms. The molecule has 0 aliphatic rings. The summed E-state index contributed by atoms with van der Waals surface area (Å²) in [4.78, 5) is 0.282. The normalized spacial score (nSPS) is 13.7. The molecule has 0 aliphatic carbocycles. The first kappa shape index (κ1) is 6.74. The van der Waals surface area contributed by atoms with E-state index in [0.717, 1.165) is 5.82 Å². The maximum absolute atomic E-state index is 3.88. The van der Waals surface area contributed by atoms with E-state index in [-0.39, 0.29) is 4.83 Å². The predicted octanol–water partition coefficient (Wildman–Crippen LogP) is 1.27. The molecule has 9 heavy (non-hydrogen) atoms. The molecule has 3 nitrogen and oxygen atoms in total. The number of nitrogens with zero attached hydrogens (tertiary/aromatic N) is 3. The summed E-state index contributed by atoms with van der Waals surface area (Å²) < 4.78 is 1.89. The summed E-state index contributed by atoms with van der Waals surface area (Å²) in [5.74, 6) is 0.954. The van der Waals surface area contributed by atoms with Crippen LogP contribution in [-0.4, -0.2) is 14.8 Å². The molecule has 0 amide bonds. The Bertz CT molecular complexity index is 194. The van der Waals surface area contributed by atoms with Crippen molar-refractivity contribution in [2.75, 3.05) is 0 Å². The lowest BCUT2D eigenvalue weighted by Gasteiger charge is -1.98. The molecule has 0 N–H and O–H groups in total. The van der Waals surface area contributed by atoms with Crippen LogP contribution in [0.2, 0.25) is 0 Å². The van der Waals surface area contributed by atoms with Crippen LogP contribution in [0.15, 0.2) is 6.33 Å². The third-order valence-electron chi connectivity index (χ3n) is 1.10.